The molecule has 0 saturated carbocycles. The van der Waals surface area contributed by atoms with Gasteiger partial charge in [-0.1, -0.05) is 0 Å². The minimum Gasteiger partial charge on any atom is -0.385 e. The maximum Gasteiger partial charge on any atom is 0.145 e. The van der Waals surface area contributed by atoms with Gasteiger partial charge in [-0.3, -0.25) is 0 Å². The van der Waals surface area contributed by atoms with Crippen LogP contribution in [0.25, 0.3) is 11.0 Å². The number of nitrogens with zero attached hydrogens (tertiary/aromatic N) is 4. The average molecular weight is 318 g/mol. The van der Waals surface area contributed by atoms with E-state index < -0.39 is 0 Å². The van der Waals surface area contributed by atoms with E-state index in [1.54, 1.807) is 18.3 Å². The molecule has 23 heavy (non-hydrogen) atoms. The van der Waals surface area contributed by atoms with E-state index in [1.807, 2.05) is 0 Å². The first-order valence-corrected chi connectivity index (χ1v) is 8.49. The van der Waals surface area contributed by atoms with Crippen molar-refractivity contribution in [2.45, 2.75) is 26.8 Å². The zero-order valence-electron chi connectivity index (χ0n) is 14.7. The highest BCUT2D eigenvalue weighted by molar-refractivity contribution is 5.92. The van der Waals surface area contributed by atoms with Crippen molar-refractivity contribution in [3.63, 3.8) is 0 Å². The van der Waals surface area contributed by atoms with Gasteiger partial charge in [-0.15, -0.1) is 0 Å². The Kier molecular flexibility index (Phi) is 4.82. The van der Waals surface area contributed by atoms with E-state index in [4.69, 9.17) is 4.74 Å². The summed E-state index contributed by atoms with van der Waals surface area (Å²) in [5.41, 5.74) is 3.66. The summed E-state index contributed by atoms with van der Waals surface area (Å²) in [6.07, 6.45) is 2.71. The lowest BCUT2D eigenvalue weighted by atomic mass is 10.2. The van der Waals surface area contributed by atoms with E-state index in [0.717, 1.165) is 57.2 Å². The molecular weight excluding hydrogens is 290 g/mol. The average Bonchev–Trinajstić information content (AvgIpc) is 2.81. The summed E-state index contributed by atoms with van der Waals surface area (Å²) in [6.45, 7) is 10.5. The molecule has 0 unspecified atom stereocenters. The molecule has 3 heterocycles. The fraction of sp³-hybridized carbons (Fsp3) is 0.647. The molecule has 2 aromatic rings. The molecule has 0 aliphatic carbocycles. The summed E-state index contributed by atoms with van der Waals surface area (Å²) in [4.78, 5) is 13.2. The van der Waals surface area contributed by atoms with Gasteiger partial charge in [0.25, 0.3) is 0 Å². The third kappa shape index (κ3) is 3.05. The minimum atomic E-state index is 0.775. The minimum absolute atomic E-state index is 0.775. The highest BCUT2D eigenvalue weighted by Crippen LogP contribution is 2.30. The molecule has 0 aromatic carbocycles. The van der Waals surface area contributed by atoms with Gasteiger partial charge in [-0.25, -0.2) is 9.97 Å². The van der Waals surface area contributed by atoms with Crippen LogP contribution < -0.4 is 9.80 Å². The Hall–Kier alpha value is -1.66. The summed E-state index contributed by atoms with van der Waals surface area (Å²) < 4.78 is 7.51. The summed E-state index contributed by atoms with van der Waals surface area (Å²) >= 11 is 0. The molecule has 1 fully saturated rings. The Labute approximate surface area is 138 Å². The number of fused-ring (bicyclic) bond motifs is 1. The molecule has 6 nitrogen and oxygen atoms in total. The largest absolute Gasteiger partial charge is 0.385 e. The number of likely N-dealkylation sites (N-methyl/N-ethyl adjacent to an activating group) is 1. The van der Waals surface area contributed by atoms with Crippen LogP contribution in [-0.2, 0) is 11.3 Å². The smallest absolute Gasteiger partial charge is 0.145 e. The van der Waals surface area contributed by atoms with Crippen LogP contribution in [0.4, 0.5) is 5.82 Å². The molecule has 1 saturated heterocycles. The maximum absolute atomic E-state index is 5.19. The van der Waals surface area contributed by atoms with Crippen LogP contribution in [0.1, 0.15) is 17.7 Å². The van der Waals surface area contributed by atoms with Gasteiger partial charge in [0.1, 0.15) is 17.8 Å². The summed E-state index contributed by atoms with van der Waals surface area (Å²) in [6, 6.07) is 0. The third-order valence-electron chi connectivity index (χ3n) is 5.03. The van der Waals surface area contributed by atoms with Crippen molar-refractivity contribution in [3.05, 3.63) is 17.6 Å². The van der Waals surface area contributed by atoms with Crippen molar-refractivity contribution in [1.82, 2.24) is 14.5 Å². The highest BCUT2D eigenvalue weighted by Gasteiger charge is 2.23. The Morgan fingerprint density at radius 1 is 1.22 bits per heavy atom. The zero-order chi connectivity index (χ0) is 16.4. The molecule has 0 atom stereocenters. The molecule has 3 rings (SSSR count). The van der Waals surface area contributed by atoms with Gasteiger partial charge in [0, 0.05) is 26.0 Å². The molecule has 1 N–H and O–H groups in total. The normalized spacial score (nSPS) is 16.4. The maximum atomic E-state index is 5.19. The number of anilines is 1. The fourth-order valence-electron chi connectivity index (χ4n) is 3.43. The van der Waals surface area contributed by atoms with Gasteiger partial charge < -0.3 is 19.1 Å². The Morgan fingerprint density at radius 2 is 1.96 bits per heavy atom. The van der Waals surface area contributed by atoms with Crippen molar-refractivity contribution in [2.75, 3.05) is 51.8 Å². The monoisotopic (exact) mass is 318 g/mol. The molecular formula is C17H28N5O+. The topological polar surface area (TPSA) is 47.6 Å². The number of hydrogen-bond acceptors (Lipinski definition) is 4. The highest BCUT2D eigenvalue weighted by atomic mass is 16.5. The van der Waals surface area contributed by atoms with E-state index in [9.17, 15) is 0 Å². The molecule has 0 spiro atoms. The lowest BCUT2D eigenvalue weighted by Gasteiger charge is -2.31. The van der Waals surface area contributed by atoms with Crippen molar-refractivity contribution in [2.24, 2.45) is 0 Å². The molecule has 126 valence electrons. The molecule has 0 radical (unpaired) electrons. The molecule has 2 aromatic heterocycles. The Bertz CT molecular complexity index is 673. The van der Waals surface area contributed by atoms with E-state index in [1.165, 1.54) is 16.6 Å². The summed E-state index contributed by atoms with van der Waals surface area (Å²) in [5.74, 6) is 1.11. The molecule has 0 amide bonds. The lowest BCUT2D eigenvalue weighted by Crippen LogP contribution is -3.12. The predicted octanol–water partition coefficient (Wildman–Crippen LogP) is 0.419. The van der Waals surface area contributed by atoms with Crippen LogP contribution in [0.3, 0.4) is 0 Å². The first-order chi connectivity index (χ1) is 11.1. The van der Waals surface area contributed by atoms with Crippen LogP contribution in [0.15, 0.2) is 6.33 Å². The fourth-order valence-corrected chi connectivity index (χ4v) is 3.43. The number of methoxy groups -OCH3 is 1. The number of piperazine rings is 1. The van der Waals surface area contributed by atoms with Crippen molar-refractivity contribution in [3.8, 4) is 0 Å². The number of ether oxygens (including phenoxy) is 1. The molecule has 0 bridgehead atoms. The lowest BCUT2D eigenvalue weighted by molar-refractivity contribution is -0.880. The first kappa shape index (κ1) is 16.2. The van der Waals surface area contributed by atoms with Gasteiger partial charge in [0.15, 0.2) is 0 Å². The van der Waals surface area contributed by atoms with Crippen LogP contribution in [-0.4, -0.2) is 61.5 Å². The predicted molar refractivity (Wildman–Crippen MR) is 92.3 cm³/mol. The summed E-state index contributed by atoms with van der Waals surface area (Å²) in [5, 5.41) is 1.22. The van der Waals surface area contributed by atoms with Gasteiger partial charge in [0.2, 0.25) is 0 Å². The standard InChI is InChI=1S/C17H27N5O/c1-13-14(2)22(6-5-11-23-4)17-15(13)16(18-12-19-17)21-9-7-20(3)8-10-21/h12H,5-11H2,1-4H3/p+1. The van der Waals surface area contributed by atoms with Crippen LogP contribution >= 0.6 is 0 Å². The van der Waals surface area contributed by atoms with E-state index in [0.29, 0.717) is 0 Å². The number of rotatable bonds is 5. The first-order valence-electron chi connectivity index (χ1n) is 8.49. The van der Waals surface area contributed by atoms with Crippen LogP contribution in [0, 0.1) is 13.8 Å². The number of aromatic nitrogens is 3. The number of quaternary nitrogens is 1. The van der Waals surface area contributed by atoms with Crippen molar-refractivity contribution in [1.29, 1.82) is 0 Å². The second kappa shape index (κ2) is 6.84. The second-order valence-corrected chi connectivity index (χ2v) is 6.55. The van der Waals surface area contributed by atoms with Gasteiger partial charge in [0.05, 0.1) is 38.6 Å². The second-order valence-electron chi connectivity index (χ2n) is 6.55. The van der Waals surface area contributed by atoms with Gasteiger partial charge in [-0.05, 0) is 25.8 Å². The zero-order valence-corrected chi connectivity index (χ0v) is 14.7. The van der Waals surface area contributed by atoms with E-state index >= 15 is 0 Å². The molecule has 6 heteroatoms. The number of nitrogens with one attached hydrogen (secondary N) is 1. The van der Waals surface area contributed by atoms with Gasteiger partial charge >= 0.3 is 0 Å². The van der Waals surface area contributed by atoms with Crippen LogP contribution in [0.2, 0.25) is 0 Å². The Morgan fingerprint density at radius 3 is 2.65 bits per heavy atom. The van der Waals surface area contributed by atoms with Crippen molar-refractivity contribution >= 4 is 16.9 Å². The number of aryl methyl sites for hydroxylation is 2. The molecule has 1 aliphatic heterocycles. The summed E-state index contributed by atoms with van der Waals surface area (Å²) in [7, 11) is 4.01. The van der Waals surface area contributed by atoms with Crippen LogP contribution in [0.5, 0.6) is 0 Å². The van der Waals surface area contributed by atoms with Gasteiger partial charge in [-0.2, -0.15) is 0 Å². The SMILES string of the molecule is COCCCn1c(C)c(C)c2c(N3CC[NH+](C)CC3)ncnc21. The number of hydrogen-bond donors (Lipinski definition) is 1. The molecule has 1 aliphatic rings. The quantitative estimate of drug-likeness (QED) is 0.812. The van der Waals surface area contributed by atoms with Crippen molar-refractivity contribution < 1.29 is 9.64 Å². The van der Waals surface area contributed by atoms with E-state index in [2.05, 4.69) is 40.3 Å². The van der Waals surface area contributed by atoms with E-state index in [-0.39, 0.29) is 0 Å². The Balaban J connectivity index is 1.99. The third-order valence-corrected chi connectivity index (χ3v) is 5.03.